The maximum absolute atomic E-state index is 13.1. The van der Waals surface area contributed by atoms with Crippen LogP contribution in [0.2, 0.25) is 0 Å². The number of hydrogen-bond donors (Lipinski definition) is 3. The molecule has 1 aliphatic rings. The van der Waals surface area contributed by atoms with E-state index in [-0.39, 0.29) is 16.8 Å². The summed E-state index contributed by atoms with van der Waals surface area (Å²) in [6.07, 6.45) is 0. The number of hydrogen-bond acceptors (Lipinski definition) is 7. The van der Waals surface area contributed by atoms with Gasteiger partial charge in [-0.3, -0.25) is 19.7 Å². The lowest BCUT2D eigenvalue weighted by Crippen LogP contribution is -2.23. The number of anilines is 2. The number of benzene rings is 3. The van der Waals surface area contributed by atoms with Crippen LogP contribution in [0.15, 0.2) is 54.6 Å². The number of carbonyl (C=O) groups excluding carboxylic acids is 2. The van der Waals surface area contributed by atoms with Crippen LogP contribution in [0.25, 0.3) is 0 Å². The van der Waals surface area contributed by atoms with Crippen molar-refractivity contribution in [3.63, 3.8) is 0 Å². The Hall–Kier alpha value is -4.20. The summed E-state index contributed by atoms with van der Waals surface area (Å²) in [4.78, 5) is 36.8. The van der Waals surface area contributed by atoms with E-state index in [0.717, 1.165) is 12.1 Å². The van der Waals surface area contributed by atoms with Gasteiger partial charge in [-0.25, -0.2) is 0 Å². The molecule has 0 amide bonds. The minimum absolute atomic E-state index is 0.135. The van der Waals surface area contributed by atoms with Gasteiger partial charge in [0.05, 0.1) is 21.7 Å². The fourth-order valence-electron chi connectivity index (χ4n) is 3.25. The highest BCUT2D eigenvalue weighted by Gasteiger charge is 2.39. The van der Waals surface area contributed by atoms with Crippen molar-refractivity contribution in [3.8, 4) is 11.5 Å². The number of fused-ring (bicyclic) bond motifs is 2. The van der Waals surface area contributed by atoms with Gasteiger partial charge in [0, 0.05) is 17.3 Å². The molecule has 28 heavy (non-hydrogen) atoms. The van der Waals surface area contributed by atoms with Crippen LogP contribution in [0, 0.1) is 10.1 Å². The summed E-state index contributed by atoms with van der Waals surface area (Å²) in [5.74, 6) is -2.94. The molecule has 3 N–H and O–H groups in total. The number of carbonyl (C=O) groups is 2. The van der Waals surface area contributed by atoms with Gasteiger partial charge < -0.3 is 15.5 Å². The zero-order valence-corrected chi connectivity index (χ0v) is 14.2. The van der Waals surface area contributed by atoms with Gasteiger partial charge in [0.1, 0.15) is 5.56 Å². The van der Waals surface area contributed by atoms with E-state index in [0.29, 0.717) is 5.69 Å². The Morgan fingerprint density at radius 1 is 0.821 bits per heavy atom. The molecule has 0 radical (unpaired) electrons. The predicted octanol–water partition coefficient (Wildman–Crippen LogP) is 3.53. The third-order valence-electron chi connectivity index (χ3n) is 4.52. The third kappa shape index (κ3) is 2.47. The number of rotatable bonds is 3. The molecule has 0 aliphatic heterocycles. The van der Waals surface area contributed by atoms with E-state index >= 15 is 0 Å². The second kappa shape index (κ2) is 6.20. The number of phenolic OH excluding ortho intramolecular Hbond substituents is 2. The Balaban J connectivity index is 1.99. The molecule has 4 rings (SSSR count). The highest BCUT2D eigenvalue weighted by molar-refractivity contribution is 6.32. The van der Waals surface area contributed by atoms with Gasteiger partial charge in [-0.05, 0) is 30.3 Å². The van der Waals surface area contributed by atoms with Crippen molar-refractivity contribution in [2.75, 3.05) is 5.32 Å². The van der Waals surface area contributed by atoms with Crippen LogP contribution in [-0.2, 0) is 0 Å². The highest BCUT2D eigenvalue weighted by Crippen LogP contribution is 2.43. The van der Waals surface area contributed by atoms with E-state index in [1.54, 1.807) is 30.3 Å². The Morgan fingerprint density at radius 2 is 1.54 bits per heavy atom. The summed E-state index contributed by atoms with van der Waals surface area (Å²) >= 11 is 0. The Kier molecular flexibility index (Phi) is 3.82. The van der Waals surface area contributed by atoms with Gasteiger partial charge in [0.2, 0.25) is 5.78 Å². The molecule has 0 spiro atoms. The van der Waals surface area contributed by atoms with Crippen LogP contribution < -0.4 is 5.32 Å². The number of aromatic hydroxyl groups is 2. The van der Waals surface area contributed by atoms with Gasteiger partial charge in [-0.15, -0.1) is 0 Å². The quantitative estimate of drug-likeness (QED) is 0.283. The van der Waals surface area contributed by atoms with Gasteiger partial charge in [-0.2, -0.15) is 0 Å². The molecule has 138 valence electrons. The molecule has 0 bridgehead atoms. The van der Waals surface area contributed by atoms with Gasteiger partial charge in [-0.1, -0.05) is 18.2 Å². The number of nitro benzene ring substituents is 1. The molecule has 0 saturated heterocycles. The zero-order valence-electron chi connectivity index (χ0n) is 14.2. The third-order valence-corrected chi connectivity index (χ3v) is 4.52. The van der Waals surface area contributed by atoms with Crippen molar-refractivity contribution in [1.29, 1.82) is 0 Å². The topological polar surface area (TPSA) is 130 Å². The molecule has 0 heterocycles. The van der Waals surface area contributed by atoms with E-state index in [1.165, 1.54) is 12.1 Å². The second-order valence-electron chi connectivity index (χ2n) is 6.14. The highest BCUT2D eigenvalue weighted by atomic mass is 16.6. The molecule has 8 nitrogen and oxygen atoms in total. The molecule has 0 saturated carbocycles. The van der Waals surface area contributed by atoms with E-state index in [2.05, 4.69) is 5.32 Å². The van der Waals surface area contributed by atoms with Gasteiger partial charge in [0.15, 0.2) is 17.3 Å². The molecule has 1 aliphatic carbocycles. The Bertz CT molecular complexity index is 1170. The van der Waals surface area contributed by atoms with Crippen LogP contribution in [0.3, 0.4) is 0 Å². The second-order valence-corrected chi connectivity index (χ2v) is 6.14. The van der Waals surface area contributed by atoms with Crippen molar-refractivity contribution in [3.05, 3.63) is 87.0 Å². The molecular formula is C20H12N2O6. The molecule has 8 heteroatoms. The predicted molar refractivity (Wildman–Crippen MR) is 99.5 cm³/mol. The number of para-hydroxylation sites is 1. The van der Waals surface area contributed by atoms with Crippen LogP contribution in [0.1, 0.15) is 31.8 Å². The monoisotopic (exact) mass is 376 g/mol. The number of nitrogens with one attached hydrogen (secondary N) is 1. The van der Waals surface area contributed by atoms with E-state index in [4.69, 9.17) is 0 Å². The van der Waals surface area contributed by atoms with Gasteiger partial charge in [0.25, 0.3) is 5.69 Å². The summed E-state index contributed by atoms with van der Waals surface area (Å²) < 4.78 is 0. The summed E-state index contributed by atoms with van der Waals surface area (Å²) in [5, 5.41) is 34.2. The zero-order chi connectivity index (χ0) is 20.0. The van der Waals surface area contributed by atoms with Crippen molar-refractivity contribution in [2.45, 2.75) is 0 Å². The van der Waals surface area contributed by atoms with Crippen LogP contribution in [-0.4, -0.2) is 26.7 Å². The summed E-state index contributed by atoms with van der Waals surface area (Å²) in [7, 11) is 0. The fourth-order valence-corrected chi connectivity index (χ4v) is 3.25. The molecule has 0 fully saturated rings. The van der Waals surface area contributed by atoms with Crippen molar-refractivity contribution < 1.29 is 24.7 Å². The van der Waals surface area contributed by atoms with Crippen LogP contribution >= 0.6 is 0 Å². The van der Waals surface area contributed by atoms with E-state index < -0.39 is 44.8 Å². The minimum Gasteiger partial charge on any atom is -0.504 e. The lowest BCUT2D eigenvalue weighted by atomic mass is 9.81. The van der Waals surface area contributed by atoms with Crippen molar-refractivity contribution in [1.82, 2.24) is 0 Å². The maximum Gasteiger partial charge on any atom is 0.281 e. The largest absolute Gasteiger partial charge is 0.504 e. The number of nitrogens with zero attached hydrogens (tertiary/aromatic N) is 1. The molecule has 0 aromatic heterocycles. The first kappa shape index (κ1) is 17.2. The molecular weight excluding hydrogens is 364 g/mol. The Morgan fingerprint density at radius 3 is 2.21 bits per heavy atom. The average Bonchev–Trinajstić information content (AvgIpc) is 2.68. The normalized spacial score (nSPS) is 12.3. The first-order valence-electron chi connectivity index (χ1n) is 8.18. The van der Waals surface area contributed by atoms with E-state index in [1.807, 2.05) is 0 Å². The van der Waals surface area contributed by atoms with Crippen LogP contribution in [0.5, 0.6) is 11.5 Å². The summed E-state index contributed by atoms with van der Waals surface area (Å²) in [6.45, 7) is 0. The summed E-state index contributed by atoms with van der Waals surface area (Å²) in [5.41, 5.74) is -0.867. The van der Waals surface area contributed by atoms with E-state index in [9.17, 15) is 29.9 Å². The van der Waals surface area contributed by atoms with Crippen LogP contribution in [0.4, 0.5) is 17.1 Å². The maximum atomic E-state index is 13.1. The Labute approximate surface area is 157 Å². The lowest BCUT2D eigenvalue weighted by molar-refractivity contribution is -0.385. The minimum atomic E-state index is -0.901. The molecule has 0 unspecified atom stereocenters. The SMILES string of the molecule is O=C1c2ccc(O)c(O)c2C(=O)c2c([N+](=O)[O-])ccc(Nc3ccccc3)c21. The fraction of sp³-hybridized carbons (Fsp3) is 0. The number of ketones is 2. The number of phenols is 2. The first-order chi connectivity index (χ1) is 13.4. The van der Waals surface area contributed by atoms with Crippen molar-refractivity contribution >= 4 is 28.6 Å². The molecule has 3 aromatic carbocycles. The smallest absolute Gasteiger partial charge is 0.281 e. The molecule has 0 atom stereocenters. The van der Waals surface area contributed by atoms with Crippen molar-refractivity contribution in [2.24, 2.45) is 0 Å². The standard InChI is InChI=1S/C20H12N2O6/c23-14-9-6-11-15(19(14)25)20(26)17-13(22(27)28)8-7-12(16(17)18(11)24)21-10-4-2-1-3-5-10/h1-9,21,23,25H. The first-order valence-corrected chi connectivity index (χ1v) is 8.18. The summed E-state index contributed by atoms with van der Waals surface area (Å²) in [6, 6.07) is 13.6. The number of nitro groups is 1. The average molecular weight is 376 g/mol. The van der Waals surface area contributed by atoms with Gasteiger partial charge >= 0.3 is 0 Å². The molecule has 3 aromatic rings. The lowest BCUT2D eigenvalue weighted by Gasteiger charge is -2.21.